The van der Waals surface area contributed by atoms with Crippen molar-refractivity contribution < 1.29 is 0 Å². The fourth-order valence-corrected chi connectivity index (χ4v) is 1.77. The van der Waals surface area contributed by atoms with Crippen LogP contribution in [0.5, 0.6) is 0 Å². The molecule has 0 saturated heterocycles. The lowest BCUT2D eigenvalue weighted by atomic mass is 10.00. The van der Waals surface area contributed by atoms with Gasteiger partial charge in [0.15, 0.2) is 0 Å². The van der Waals surface area contributed by atoms with Gasteiger partial charge in [0, 0.05) is 0 Å². The second-order valence-electron chi connectivity index (χ2n) is 3.76. The van der Waals surface area contributed by atoms with Crippen molar-refractivity contribution in [2.24, 2.45) is 0 Å². The van der Waals surface area contributed by atoms with Crippen LogP contribution in [0.1, 0.15) is 18.9 Å². The maximum Gasteiger partial charge on any atom is -0.0115 e. The summed E-state index contributed by atoms with van der Waals surface area (Å²) in [4.78, 5) is 0. The quantitative estimate of drug-likeness (QED) is 0.684. The topological polar surface area (TPSA) is 0 Å². The molecule has 0 fully saturated rings. The van der Waals surface area contributed by atoms with E-state index >= 15 is 0 Å². The van der Waals surface area contributed by atoms with Crippen molar-refractivity contribution in [2.75, 3.05) is 0 Å². The molecule has 0 N–H and O–H groups in total. The molecule has 16 heavy (non-hydrogen) atoms. The molecule has 0 aliphatic heterocycles. The Balaban J connectivity index is 2.44. The first-order valence-corrected chi connectivity index (χ1v) is 5.73. The van der Waals surface area contributed by atoms with E-state index in [0.29, 0.717) is 0 Å². The van der Waals surface area contributed by atoms with Crippen molar-refractivity contribution in [3.63, 3.8) is 0 Å². The molecular formula is C16H16. The van der Waals surface area contributed by atoms with E-state index in [0.717, 1.165) is 6.42 Å². The molecule has 80 valence electrons. The van der Waals surface area contributed by atoms with Crippen LogP contribution in [-0.4, -0.2) is 0 Å². The van der Waals surface area contributed by atoms with Crippen LogP contribution in [0.15, 0.2) is 72.4 Å². The molecule has 1 aromatic carbocycles. The number of benzene rings is 1. The van der Waals surface area contributed by atoms with E-state index in [1.54, 1.807) is 0 Å². The van der Waals surface area contributed by atoms with Crippen molar-refractivity contribution in [1.29, 1.82) is 0 Å². The Hall–Kier alpha value is -1.82. The molecule has 0 spiro atoms. The average molecular weight is 208 g/mol. The van der Waals surface area contributed by atoms with Gasteiger partial charge in [-0.15, -0.1) is 0 Å². The summed E-state index contributed by atoms with van der Waals surface area (Å²) in [7, 11) is 0. The molecule has 0 heteroatoms. The van der Waals surface area contributed by atoms with Gasteiger partial charge in [0.2, 0.25) is 0 Å². The fraction of sp³-hybridized carbons (Fsp3) is 0.125. The standard InChI is InChI=1S/C16H16/c1-2-3-13-16(15-11-7-8-12-15)14-9-5-4-6-10-14/h3-13H,2H2,1H3. The zero-order valence-corrected chi connectivity index (χ0v) is 9.56. The summed E-state index contributed by atoms with van der Waals surface area (Å²) >= 11 is 0. The Labute approximate surface area is 97.3 Å². The Kier molecular flexibility index (Phi) is 3.55. The van der Waals surface area contributed by atoms with Crippen LogP contribution in [0.25, 0.3) is 5.57 Å². The largest absolute Gasteiger partial charge is 0.0842 e. The molecule has 1 aliphatic carbocycles. The third-order valence-electron chi connectivity index (χ3n) is 2.58. The first-order chi connectivity index (χ1) is 7.92. The predicted molar refractivity (Wildman–Crippen MR) is 71.1 cm³/mol. The molecule has 0 atom stereocenters. The number of hydrogen-bond donors (Lipinski definition) is 0. The van der Waals surface area contributed by atoms with Gasteiger partial charge in [0.25, 0.3) is 0 Å². The normalized spacial score (nSPS) is 13.9. The molecule has 0 radical (unpaired) electrons. The lowest BCUT2D eigenvalue weighted by Gasteiger charge is -2.05. The molecule has 0 unspecified atom stereocenters. The molecule has 0 bridgehead atoms. The van der Waals surface area contributed by atoms with Crippen LogP contribution in [0.4, 0.5) is 0 Å². The van der Waals surface area contributed by atoms with Gasteiger partial charge in [-0.25, -0.2) is 0 Å². The van der Waals surface area contributed by atoms with Gasteiger partial charge in [-0.3, -0.25) is 0 Å². The molecule has 0 nitrogen and oxygen atoms in total. The molecule has 0 amide bonds. The van der Waals surface area contributed by atoms with E-state index in [1.807, 2.05) is 0 Å². The second kappa shape index (κ2) is 5.32. The SMILES string of the molecule is CCC=CC(=C1C=CC=C1)c1ccccc1. The maximum atomic E-state index is 2.21. The minimum absolute atomic E-state index is 1.07. The molecule has 0 saturated carbocycles. The highest BCUT2D eigenvalue weighted by Gasteiger charge is 2.03. The van der Waals surface area contributed by atoms with Crippen molar-refractivity contribution in [3.05, 3.63) is 77.9 Å². The molecule has 2 rings (SSSR count). The third-order valence-corrected chi connectivity index (χ3v) is 2.58. The van der Waals surface area contributed by atoms with Gasteiger partial charge >= 0.3 is 0 Å². The van der Waals surface area contributed by atoms with Crippen LogP contribution < -0.4 is 0 Å². The Morgan fingerprint density at radius 2 is 1.75 bits per heavy atom. The third kappa shape index (κ3) is 2.40. The monoisotopic (exact) mass is 208 g/mol. The number of allylic oxidation sites excluding steroid dienone is 8. The first kappa shape index (κ1) is 10.7. The maximum absolute atomic E-state index is 2.21. The lowest BCUT2D eigenvalue weighted by molar-refractivity contribution is 1.22. The molecular weight excluding hydrogens is 192 g/mol. The van der Waals surface area contributed by atoms with Gasteiger partial charge in [-0.1, -0.05) is 73.7 Å². The van der Waals surface area contributed by atoms with Crippen molar-refractivity contribution in [1.82, 2.24) is 0 Å². The Morgan fingerprint density at radius 3 is 2.38 bits per heavy atom. The summed E-state index contributed by atoms with van der Waals surface area (Å²) in [6, 6.07) is 10.5. The Bertz CT molecular complexity index is 442. The van der Waals surface area contributed by atoms with Crippen molar-refractivity contribution in [3.8, 4) is 0 Å². The van der Waals surface area contributed by atoms with E-state index < -0.39 is 0 Å². The molecule has 0 aromatic heterocycles. The number of hydrogen-bond acceptors (Lipinski definition) is 0. The van der Waals surface area contributed by atoms with Crippen LogP contribution in [0.2, 0.25) is 0 Å². The highest BCUT2D eigenvalue weighted by atomic mass is 14.1. The summed E-state index contributed by atoms with van der Waals surface area (Å²) < 4.78 is 0. The zero-order valence-electron chi connectivity index (χ0n) is 9.56. The van der Waals surface area contributed by atoms with Crippen LogP contribution >= 0.6 is 0 Å². The van der Waals surface area contributed by atoms with Crippen molar-refractivity contribution >= 4 is 5.57 Å². The predicted octanol–water partition coefficient (Wildman–Crippen LogP) is 4.53. The molecule has 1 aliphatic rings. The Morgan fingerprint density at radius 1 is 1.06 bits per heavy atom. The summed E-state index contributed by atoms with van der Waals surface area (Å²) in [5, 5.41) is 0. The fourth-order valence-electron chi connectivity index (χ4n) is 1.77. The summed E-state index contributed by atoms with van der Waals surface area (Å²) in [6.07, 6.45) is 14.0. The van der Waals surface area contributed by atoms with Gasteiger partial charge in [-0.05, 0) is 23.1 Å². The van der Waals surface area contributed by atoms with Gasteiger partial charge in [0.05, 0.1) is 0 Å². The van der Waals surface area contributed by atoms with Gasteiger partial charge in [0.1, 0.15) is 0 Å². The zero-order chi connectivity index (χ0) is 11.2. The van der Waals surface area contributed by atoms with E-state index in [-0.39, 0.29) is 0 Å². The smallest absolute Gasteiger partial charge is 0.0115 e. The molecule has 0 heterocycles. The van der Waals surface area contributed by atoms with Gasteiger partial charge < -0.3 is 0 Å². The van der Waals surface area contributed by atoms with E-state index in [1.165, 1.54) is 16.7 Å². The van der Waals surface area contributed by atoms with E-state index in [2.05, 4.69) is 73.7 Å². The first-order valence-electron chi connectivity index (χ1n) is 5.73. The average Bonchev–Trinajstić information content (AvgIpc) is 2.85. The van der Waals surface area contributed by atoms with Crippen molar-refractivity contribution in [2.45, 2.75) is 13.3 Å². The minimum atomic E-state index is 1.07. The van der Waals surface area contributed by atoms with Gasteiger partial charge in [-0.2, -0.15) is 0 Å². The van der Waals surface area contributed by atoms with Crippen LogP contribution in [-0.2, 0) is 0 Å². The van der Waals surface area contributed by atoms with E-state index in [9.17, 15) is 0 Å². The molecule has 1 aromatic rings. The van der Waals surface area contributed by atoms with Crippen LogP contribution in [0.3, 0.4) is 0 Å². The lowest BCUT2D eigenvalue weighted by Crippen LogP contribution is -1.84. The number of rotatable bonds is 3. The summed E-state index contributed by atoms with van der Waals surface area (Å²) in [6.45, 7) is 2.16. The highest BCUT2D eigenvalue weighted by Crippen LogP contribution is 2.24. The highest BCUT2D eigenvalue weighted by molar-refractivity contribution is 5.81. The minimum Gasteiger partial charge on any atom is -0.0842 e. The second-order valence-corrected chi connectivity index (χ2v) is 3.76. The van der Waals surface area contributed by atoms with Crippen LogP contribution in [0, 0.1) is 0 Å². The summed E-state index contributed by atoms with van der Waals surface area (Å²) in [5.74, 6) is 0. The van der Waals surface area contributed by atoms with E-state index in [4.69, 9.17) is 0 Å². The summed E-state index contributed by atoms with van der Waals surface area (Å²) in [5.41, 5.74) is 3.86.